The molecule has 1 aromatic rings. The molecule has 0 radical (unpaired) electrons. The van der Waals surface area contributed by atoms with Crippen LogP contribution in [0.4, 0.5) is 4.39 Å². The van der Waals surface area contributed by atoms with Gasteiger partial charge in [-0.2, -0.15) is 5.26 Å². The van der Waals surface area contributed by atoms with Crippen LogP contribution in [0.3, 0.4) is 0 Å². The van der Waals surface area contributed by atoms with Crippen molar-refractivity contribution in [2.24, 2.45) is 5.73 Å². The fourth-order valence-corrected chi connectivity index (χ4v) is 3.25. The second kappa shape index (κ2) is 10.5. The number of esters is 1. The Hall–Kier alpha value is -3.01. The minimum Gasteiger partial charge on any atom is -0.493 e. The van der Waals surface area contributed by atoms with Crippen LogP contribution in [0.1, 0.15) is 57.9 Å². The molecular weight excluding hydrogens is 375 g/mol. The number of benzene rings is 1. The van der Waals surface area contributed by atoms with E-state index in [0.717, 1.165) is 25.7 Å². The first-order valence-electron chi connectivity index (χ1n) is 9.82. The van der Waals surface area contributed by atoms with Crippen molar-refractivity contribution in [1.82, 2.24) is 0 Å². The van der Waals surface area contributed by atoms with Crippen molar-refractivity contribution < 1.29 is 23.4 Å². The lowest BCUT2D eigenvalue weighted by atomic mass is 9.82. The van der Waals surface area contributed by atoms with Gasteiger partial charge >= 0.3 is 5.97 Å². The number of nitrogens with zero attached hydrogens (tertiary/aromatic N) is 1. The van der Waals surface area contributed by atoms with Gasteiger partial charge in [0.05, 0.1) is 24.7 Å². The highest BCUT2D eigenvalue weighted by Gasteiger charge is 2.38. The Morgan fingerprint density at radius 3 is 2.72 bits per heavy atom. The summed E-state index contributed by atoms with van der Waals surface area (Å²) in [5, 5.41) is 9.67. The number of hydrogen-bond donors (Lipinski definition) is 1. The smallest absolute Gasteiger partial charge is 0.338 e. The molecule has 0 fully saturated rings. The summed E-state index contributed by atoms with van der Waals surface area (Å²) in [6.45, 7) is 5.95. The molecule has 1 heterocycles. The lowest BCUT2D eigenvalue weighted by Gasteiger charge is -2.28. The molecule has 0 saturated heterocycles. The summed E-state index contributed by atoms with van der Waals surface area (Å²) in [4.78, 5) is 12.6. The van der Waals surface area contributed by atoms with Crippen LogP contribution in [0.5, 0.6) is 5.75 Å². The van der Waals surface area contributed by atoms with E-state index in [0.29, 0.717) is 17.9 Å². The number of carbonyl (C=O) groups excluding carboxylic acids is 1. The fourth-order valence-electron chi connectivity index (χ4n) is 3.25. The molecule has 2 rings (SSSR count). The first-order valence-corrected chi connectivity index (χ1v) is 9.82. The molecule has 1 aliphatic rings. The van der Waals surface area contributed by atoms with Crippen molar-refractivity contribution in [2.75, 3.05) is 13.2 Å². The molecule has 1 unspecified atom stereocenters. The standard InChI is InChI=1S/C22H27FN2O4/c1-4-6-7-8-11-28-18-10-9-15(23)12-16(18)20-17(13-24)21(25)29-14(3)19(20)22(26)27-5-2/h9-10,12,20H,4-8,11,25H2,1-3H3. The number of carbonyl (C=O) groups is 1. The van der Waals surface area contributed by atoms with Crippen molar-refractivity contribution in [3.8, 4) is 11.8 Å². The quantitative estimate of drug-likeness (QED) is 0.485. The van der Waals surface area contributed by atoms with E-state index >= 15 is 0 Å². The summed E-state index contributed by atoms with van der Waals surface area (Å²) in [5.41, 5.74) is 6.36. The predicted octanol–water partition coefficient (Wildman–Crippen LogP) is 4.43. The third-order valence-electron chi connectivity index (χ3n) is 4.64. The number of ether oxygens (including phenoxy) is 3. The number of halogens is 1. The second-order valence-corrected chi connectivity index (χ2v) is 6.71. The number of unbranched alkanes of at least 4 members (excludes halogenated alkanes) is 3. The van der Waals surface area contributed by atoms with E-state index in [1.807, 2.05) is 6.07 Å². The third kappa shape index (κ3) is 5.29. The number of rotatable bonds is 9. The van der Waals surface area contributed by atoms with Crippen LogP contribution in [0, 0.1) is 17.1 Å². The number of nitrogens with two attached hydrogens (primary N) is 1. The van der Waals surface area contributed by atoms with Gasteiger partial charge in [-0.3, -0.25) is 0 Å². The average Bonchev–Trinajstić information content (AvgIpc) is 2.68. The molecule has 6 nitrogen and oxygen atoms in total. The van der Waals surface area contributed by atoms with Gasteiger partial charge in [0.1, 0.15) is 29.0 Å². The van der Waals surface area contributed by atoms with Gasteiger partial charge in [0.25, 0.3) is 0 Å². The van der Waals surface area contributed by atoms with Crippen LogP contribution in [0.2, 0.25) is 0 Å². The molecule has 7 heteroatoms. The van der Waals surface area contributed by atoms with Crippen LogP contribution in [-0.2, 0) is 14.3 Å². The van der Waals surface area contributed by atoms with Crippen molar-refractivity contribution >= 4 is 5.97 Å². The predicted molar refractivity (Wildman–Crippen MR) is 106 cm³/mol. The average molecular weight is 402 g/mol. The SMILES string of the molecule is CCCCCCOc1ccc(F)cc1C1C(C#N)=C(N)OC(C)=C1C(=O)OCC. The van der Waals surface area contributed by atoms with E-state index < -0.39 is 17.7 Å². The Balaban J connectivity index is 2.49. The van der Waals surface area contributed by atoms with Crippen LogP contribution in [0.25, 0.3) is 0 Å². The van der Waals surface area contributed by atoms with Gasteiger partial charge in [-0.1, -0.05) is 26.2 Å². The molecule has 0 amide bonds. The zero-order valence-corrected chi connectivity index (χ0v) is 17.1. The monoisotopic (exact) mass is 402 g/mol. The summed E-state index contributed by atoms with van der Waals surface area (Å²) in [6, 6.07) is 6.03. The van der Waals surface area contributed by atoms with Crippen LogP contribution in [0.15, 0.2) is 41.0 Å². The van der Waals surface area contributed by atoms with E-state index in [-0.39, 0.29) is 29.4 Å². The van der Waals surface area contributed by atoms with E-state index in [1.54, 1.807) is 13.8 Å². The van der Waals surface area contributed by atoms with E-state index in [2.05, 4.69) is 6.92 Å². The molecule has 1 atom stereocenters. The topological polar surface area (TPSA) is 94.6 Å². The first-order chi connectivity index (χ1) is 13.9. The van der Waals surface area contributed by atoms with Gasteiger partial charge in [-0.15, -0.1) is 0 Å². The van der Waals surface area contributed by atoms with Crippen molar-refractivity contribution in [3.05, 3.63) is 52.4 Å². The Kier molecular flexibility index (Phi) is 8.08. The molecule has 29 heavy (non-hydrogen) atoms. The molecular formula is C22H27FN2O4. The van der Waals surface area contributed by atoms with Crippen LogP contribution in [-0.4, -0.2) is 19.2 Å². The van der Waals surface area contributed by atoms with Gasteiger partial charge in [0.15, 0.2) is 0 Å². The number of nitriles is 1. The maximum atomic E-state index is 14.1. The minimum absolute atomic E-state index is 0.0140. The van der Waals surface area contributed by atoms with Gasteiger partial charge in [0.2, 0.25) is 5.88 Å². The summed E-state index contributed by atoms with van der Waals surface area (Å²) < 4.78 is 30.6. The summed E-state index contributed by atoms with van der Waals surface area (Å²) in [5.74, 6) is -1.61. The molecule has 1 aliphatic heterocycles. The zero-order chi connectivity index (χ0) is 21.4. The highest BCUT2D eigenvalue weighted by molar-refractivity contribution is 5.92. The zero-order valence-electron chi connectivity index (χ0n) is 17.1. The normalized spacial score (nSPS) is 16.3. The summed E-state index contributed by atoms with van der Waals surface area (Å²) >= 11 is 0. The molecule has 2 N–H and O–H groups in total. The van der Waals surface area contributed by atoms with Gasteiger partial charge in [0, 0.05) is 5.56 Å². The summed E-state index contributed by atoms with van der Waals surface area (Å²) in [7, 11) is 0. The Bertz CT molecular complexity index is 855. The van der Waals surface area contributed by atoms with E-state index in [4.69, 9.17) is 19.9 Å². The van der Waals surface area contributed by atoms with Gasteiger partial charge in [-0.25, -0.2) is 9.18 Å². The minimum atomic E-state index is -0.936. The lowest BCUT2D eigenvalue weighted by Crippen LogP contribution is -2.26. The lowest BCUT2D eigenvalue weighted by molar-refractivity contribution is -0.139. The highest BCUT2D eigenvalue weighted by Crippen LogP contribution is 2.43. The number of allylic oxidation sites excluding steroid dienone is 2. The highest BCUT2D eigenvalue weighted by atomic mass is 19.1. The van der Waals surface area contributed by atoms with Crippen molar-refractivity contribution in [3.63, 3.8) is 0 Å². The van der Waals surface area contributed by atoms with Crippen molar-refractivity contribution in [2.45, 2.75) is 52.4 Å². The maximum absolute atomic E-state index is 14.1. The largest absolute Gasteiger partial charge is 0.493 e. The van der Waals surface area contributed by atoms with Crippen LogP contribution < -0.4 is 10.5 Å². The van der Waals surface area contributed by atoms with Gasteiger partial charge in [-0.05, 0) is 38.5 Å². The van der Waals surface area contributed by atoms with E-state index in [1.165, 1.54) is 18.2 Å². The first kappa shape index (κ1) is 22.3. The molecule has 0 aliphatic carbocycles. The Morgan fingerprint density at radius 1 is 1.31 bits per heavy atom. The molecule has 1 aromatic carbocycles. The fraction of sp³-hybridized carbons (Fsp3) is 0.455. The molecule has 0 spiro atoms. The molecule has 156 valence electrons. The molecule has 0 saturated carbocycles. The van der Waals surface area contributed by atoms with Crippen molar-refractivity contribution in [1.29, 1.82) is 5.26 Å². The Labute approximate surface area is 170 Å². The second-order valence-electron chi connectivity index (χ2n) is 6.71. The molecule has 0 bridgehead atoms. The summed E-state index contributed by atoms with van der Waals surface area (Å²) in [6.07, 6.45) is 4.08. The number of hydrogen-bond acceptors (Lipinski definition) is 6. The maximum Gasteiger partial charge on any atom is 0.338 e. The molecule has 0 aromatic heterocycles. The van der Waals surface area contributed by atoms with E-state index in [9.17, 15) is 14.4 Å². The van der Waals surface area contributed by atoms with Gasteiger partial charge < -0.3 is 19.9 Å². The third-order valence-corrected chi connectivity index (χ3v) is 4.64. The van der Waals surface area contributed by atoms with Crippen LogP contribution >= 0.6 is 0 Å². The Morgan fingerprint density at radius 2 is 2.07 bits per heavy atom.